The third-order valence-electron chi connectivity index (χ3n) is 4.70. The van der Waals surface area contributed by atoms with Crippen molar-refractivity contribution in [2.45, 2.75) is 12.1 Å². The molecule has 6 nitrogen and oxygen atoms in total. The second kappa shape index (κ2) is 9.09. The zero-order valence-corrected chi connectivity index (χ0v) is 17.8. The fraction of sp³-hybridized carbons (Fsp3) is 0.130. The van der Waals surface area contributed by atoms with Crippen LogP contribution in [0.1, 0.15) is 15.9 Å². The summed E-state index contributed by atoms with van der Waals surface area (Å²) in [4.78, 5) is 17.0. The number of carbonyl (C=O) groups excluding carboxylic acids is 1. The molecule has 8 heteroatoms. The second-order valence-corrected chi connectivity index (χ2v) is 7.67. The molecule has 4 aromatic rings. The standard InChI is InChI=1S/C23H19FN4O2S/c1-15-6-3-4-8-19(15)28-22(16-7-5-11-25-13-16)26-27-23(28)31-14-20(29)18-12-17(24)9-10-21(18)30-2/h3-13H,14H2,1-2H3. The maximum atomic E-state index is 13.7. The largest absolute Gasteiger partial charge is 0.496 e. The van der Waals surface area contributed by atoms with Crippen molar-refractivity contribution in [3.63, 3.8) is 0 Å². The monoisotopic (exact) mass is 434 g/mol. The zero-order chi connectivity index (χ0) is 21.8. The number of para-hydroxylation sites is 1. The van der Waals surface area contributed by atoms with Crippen LogP contribution in [0.3, 0.4) is 0 Å². The lowest BCUT2D eigenvalue weighted by atomic mass is 10.1. The molecule has 0 bridgehead atoms. The van der Waals surface area contributed by atoms with Crippen LogP contribution in [0, 0.1) is 12.7 Å². The fourth-order valence-corrected chi connectivity index (χ4v) is 4.01. The minimum atomic E-state index is -0.490. The summed E-state index contributed by atoms with van der Waals surface area (Å²) in [5.41, 5.74) is 2.95. The molecule has 2 aromatic carbocycles. The maximum absolute atomic E-state index is 13.7. The first-order valence-corrected chi connectivity index (χ1v) is 10.5. The Hall–Kier alpha value is -3.52. The number of pyridine rings is 1. The summed E-state index contributed by atoms with van der Waals surface area (Å²) in [5.74, 6) is 0.264. The molecular weight excluding hydrogens is 415 g/mol. The number of aromatic nitrogens is 4. The molecule has 0 spiro atoms. The molecule has 0 atom stereocenters. The van der Waals surface area contributed by atoms with Gasteiger partial charge < -0.3 is 4.74 Å². The Morgan fingerprint density at radius 3 is 2.71 bits per heavy atom. The molecule has 4 rings (SSSR count). The first-order valence-electron chi connectivity index (χ1n) is 9.50. The first-order chi connectivity index (χ1) is 15.1. The highest BCUT2D eigenvalue weighted by Crippen LogP contribution is 2.30. The molecule has 31 heavy (non-hydrogen) atoms. The van der Waals surface area contributed by atoms with Crippen molar-refractivity contribution in [2.24, 2.45) is 0 Å². The van der Waals surface area contributed by atoms with Gasteiger partial charge in [0.15, 0.2) is 16.8 Å². The second-order valence-electron chi connectivity index (χ2n) is 6.73. The Bertz CT molecular complexity index is 1230. The van der Waals surface area contributed by atoms with Crippen LogP contribution >= 0.6 is 11.8 Å². The van der Waals surface area contributed by atoms with E-state index in [9.17, 15) is 9.18 Å². The Kier molecular flexibility index (Phi) is 6.08. The van der Waals surface area contributed by atoms with Crippen LogP contribution in [0.2, 0.25) is 0 Å². The highest BCUT2D eigenvalue weighted by molar-refractivity contribution is 7.99. The van der Waals surface area contributed by atoms with Crippen LogP contribution in [0.4, 0.5) is 4.39 Å². The first kappa shape index (κ1) is 20.7. The third kappa shape index (κ3) is 4.34. The van der Waals surface area contributed by atoms with Crippen molar-refractivity contribution in [1.82, 2.24) is 19.7 Å². The number of nitrogens with zero attached hydrogens (tertiary/aromatic N) is 4. The van der Waals surface area contributed by atoms with Crippen LogP contribution in [0.15, 0.2) is 72.1 Å². The minimum Gasteiger partial charge on any atom is -0.496 e. The molecule has 0 radical (unpaired) electrons. The number of hydrogen-bond donors (Lipinski definition) is 0. The molecule has 0 aliphatic carbocycles. The summed E-state index contributed by atoms with van der Waals surface area (Å²) in [6.45, 7) is 2.00. The van der Waals surface area contributed by atoms with E-state index in [1.165, 1.54) is 37.1 Å². The summed E-state index contributed by atoms with van der Waals surface area (Å²) >= 11 is 1.24. The van der Waals surface area contributed by atoms with Crippen LogP contribution in [-0.2, 0) is 0 Å². The van der Waals surface area contributed by atoms with Gasteiger partial charge in [0.25, 0.3) is 0 Å². The van der Waals surface area contributed by atoms with Gasteiger partial charge in [0.2, 0.25) is 0 Å². The average Bonchev–Trinajstić information content (AvgIpc) is 3.22. The van der Waals surface area contributed by atoms with Crippen LogP contribution in [-0.4, -0.2) is 38.4 Å². The van der Waals surface area contributed by atoms with Gasteiger partial charge in [-0.2, -0.15) is 0 Å². The summed E-state index contributed by atoms with van der Waals surface area (Å²) in [6, 6.07) is 15.5. The quantitative estimate of drug-likeness (QED) is 0.309. The fourth-order valence-electron chi connectivity index (χ4n) is 3.18. The molecule has 0 fully saturated rings. The van der Waals surface area contributed by atoms with Gasteiger partial charge in [-0.05, 0) is 48.9 Å². The molecule has 0 aliphatic heterocycles. The van der Waals surface area contributed by atoms with Gasteiger partial charge in [0, 0.05) is 18.0 Å². The highest BCUT2D eigenvalue weighted by atomic mass is 32.2. The molecule has 0 amide bonds. The minimum absolute atomic E-state index is 0.0524. The van der Waals surface area contributed by atoms with Crippen LogP contribution in [0.5, 0.6) is 5.75 Å². The van der Waals surface area contributed by atoms with Crippen molar-refractivity contribution in [3.8, 4) is 22.8 Å². The maximum Gasteiger partial charge on any atom is 0.196 e. The molecule has 0 aliphatic rings. The number of hydrogen-bond acceptors (Lipinski definition) is 6. The van der Waals surface area contributed by atoms with Crippen LogP contribution < -0.4 is 4.74 Å². The van der Waals surface area contributed by atoms with E-state index in [2.05, 4.69) is 15.2 Å². The SMILES string of the molecule is COc1ccc(F)cc1C(=O)CSc1nnc(-c2cccnc2)n1-c1ccccc1C. The molecule has 2 aromatic heterocycles. The predicted molar refractivity (Wildman–Crippen MR) is 117 cm³/mol. The van der Waals surface area contributed by atoms with Gasteiger partial charge in [-0.15, -0.1) is 10.2 Å². The van der Waals surface area contributed by atoms with Gasteiger partial charge in [-0.1, -0.05) is 30.0 Å². The number of Topliss-reactive ketones (excluding diaryl/α,β-unsaturated/α-hetero) is 1. The topological polar surface area (TPSA) is 69.9 Å². The van der Waals surface area contributed by atoms with Gasteiger partial charge >= 0.3 is 0 Å². The molecule has 0 saturated heterocycles. The number of ether oxygens (including phenoxy) is 1. The Labute approximate surface area is 183 Å². The molecule has 0 N–H and O–H groups in total. The normalized spacial score (nSPS) is 10.8. The lowest BCUT2D eigenvalue weighted by Crippen LogP contribution is -2.07. The summed E-state index contributed by atoms with van der Waals surface area (Å²) in [7, 11) is 1.45. The number of benzene rings is 2. The molecular formula is C23H19FN4O2S. The van der Waals surface area contributed by atoms with Crippen molar-refractivity contribution in [1.29, 1.82) is 0 Å². The summed E-state index contributed by atoms with van der Waals surface area (Å²) in [6.07, 6.45) is 3.41. The van der Waals surface area contributed by atoms with Crippen molar-refractivity contribution in [2.75, 3.05) is 12.9 Å². The number of halogens is 1. The Morgan fingerprint density at radius 2 is 1.97 bits per heavy atom. The highest BCUT2D eigenvalue weighted by Gasteiger charge is 2.20. The molecule has 0 saturated carbocycles. The Balaban J connectivity index is 1.70. The molecule has 0 unspecified atom stereocenters. The number of carbonyl (C=O) groups is 1. The number of methoxy groups -OCH3 is 1. The number of thioether (sulfide) groups is 1. The van der Waals surface area contributed by atoms with E-state index in [4.69, 9.17) is 4.74 Å². The Morgan fingerprint density at radius 1 is 1.13 bits per heavy atom. The lowest BCUT2D eigenvalue weighted by Gasteiger charge is -2.13. The smallest absolute Gasteiger partial charge is 0.196 e. The average molecular weight is 434 g/mol. The van der Waals surface area contributed by atoms with Gasteiger partial charge in [0.1, 0.15) is 11.6 Å². The van der Waals surface area contributed by atoms with E-state index in [1.807, 2.05) is 47.9 Å². The van der Waals surface area contributed by atoms with E-state index in [-0.39, 0.29) is 17.1 Å². The zero-order valence-electron chi connectivity index (χ0n) is 16.9. The van der Waals surface area contributed by atoms with E-state index >= 15 is 0 Å². The van der Waals surface area contributed by atoms with E-state index in [0.29, 0.717) is 16.7 Å². The van der Waals surface area contributed by atoms with Gasteiger partial charge in [0.05, 0.1) is 24.1 Å². The van der Waals surface area contributed by atoms with E-state index in [0.717, 1.165) is 16.8 Å². The van der Waals surface area contributed by atoms with Gasteiger partial charge in [-0.25, -0.2) is 4.39 Å². The van der Waals surface area contributed by atoms with Gasteiger partial charge in [-0.3, -0.25) is 14.3 Å². The van der Waals surface area contributed by atoms with E-state index < -0.39 is 5.82 Å². The molecule has 156 valence electrons. The van der Waals surface area contributed by atoms with E-state index in [1.54, 1.807) is 12.4 Å². The number of ketones is 1. The third-order valence-corrected chi connectivity index (χ3v) is 5.63. The molecule has 2 heterocycles. The van der Waals surface area contributed by atoms with Crippen LogP contribution in [0.25, 0.3) is 17.1 Å². The van der Waals surface area contributed by atoms with Crippen molar-refractivity contribution in [3.05, 3.63) is 83.9 Å². The predicted octanol–water partition coefficient (Wildman–Crippen LogP) is 4.76. The number of aryl methyl sites for hydroxylation is 1. The van der Waals surface area contributed by atoms with Crippen molar-refractivity contribution < 1.29 is 13.9 Å². The lowest BCUT2D eigenvalue weighted by molar-refractivity contribution is 0.101. The number of rotatable bonds is 7. The summed E-state index contributed by atoms with van der Waals surface area (Å²) < 4.78 is 20.8. The van der Waals surface area contributed by atoms with Crippen molar-refractivity contribution >= 4 is 17.5 Å². The summed E-state index contributed by atoms with van der Waals surface area (Å²) in [5, 5.41) is 9.24.